The number of benzene rings is 1. The average molecular weight is 264 g/mol. The van der Waals surface area contributed by atoms with Gasteiger partial charge in [0.15, 0.2) is 0 Å². The van der Waals surface area contributed by atoms with Crippen LogP contribution in [-0.2, 0) is 0 Å². The summed E-state index contributed by atoms with van der Waals surface area (Å²) < 4.78 is 38.7. The number of aromatic carboxylic acids is 1. The van der Waals surface area contributed by atoms with E-state index in [9.17, 15) is 18.0 Å². The third-order valence-electron chi connectivity index (χ3n) is 2.14. The number of carboxylic acids is 1. The topological polar surface area (TPSA) is 95.6 Å². The van der Waals surface area contributed by atoms with E-state index in [0.717, 1.165) is 6.07 Å². The number of aliphatic hydroxyl groups excluding tert-OH is 1. The van der Waals surface area contributed by atoms with Gasteiger partial charge in [-0.3, -0.25) is 0 Å². The second-order valence-corrected chi connectivity index (χ2v) is 3.59. The van der Waals surface area contributed by atoms with Crippen LogP contribution in [0.15, 0.2) is 12.1 Å². The predicted molar refractivity (Wildman–Crippen MR) is 58.3 cm³/mol. The lowest BCUT2D eigenvalue weighted by atomic mass is 10.1. The van der Waals surface area contributed by atoms with Gasteiger partial charge in [-0.25, -0.2) is 18.0 Å². The molecule has 0 bridgehead atoms. The fourth-order valence-corrected chi connectivity index (χ4v) is 1.19. The number of rotatable bonds is 5. The summed E-state index contributed by atoms with van der Waals surface area (Å²) in [6.07, 6.45) is 0. The van der Waals surface area contributed by atoms with Crippen molar-refractivity contribution in [2.75, 3.05) is 24.2 Å². The molecule has 0 aromatic heterocycles. The molecule has 0 spiro atoms. The van der Waals surface area contributed by atoms with Crippen LogP contribution in [0.1, 0.15) is 10.4 Å². The third-order valence-corrected chi connectivity index (χ3v) is 2.14. The first kappa shape index (κ1) is 14.1. The molecule has 0 saturated heterocycles. The van der Waals surface area contributed by atoms with E-state index in [1.165, 1.54) is 0 Å². The summed E-state index contributed by atoms with van der Waals surface area (Å²) >= 11 is 0. The third kappa shape index (κ3) is 3.27. The molecule has 0 unspecified atom stereocenters. The zero-order valence-corrected chi connectivity index (χ0v) is 9.08. The van der Waals surface area contributed by atoms with E-state index in [1.807, 2.05) is 0 Å². The Hall–Kier alpha value is -1.96. The molecule has 0 aliphatic rings. The molecule has 0 aliphatic heterocycles. The molecule has 100 valence electrons. The van der Waals surface area contributed by atoms with Crippen LogP contribution in [0, 0.1) is 5.82 Å². The van der Waals surface area contributed by atoms with Crippen molar-refractivity contribution in [1.29, 1.82) is 0 Å². The molecule has 5 nitrogen and oxygen atoms in total. The fraction of sp³-hybridized carbons (Fsp3) is 0.300. The van der Waals surface area contributed by atoms with Crippen molar-refractivity contribution >= 4 is 17.3 Å². The van der Waals surface area contributed by atoms with Gasteiger partial charge in [-0.05, 0) is 12.1 Å². The monoisotopic (exact) mass is 264 g/mol. The smallest absolute Gasteiger partial charge is 0.338 e. The van der Waals surface area contributed by atoms with Crippen molar-refractivity contribution in [3.63, 3.8) is 0 Å². The lowest BCUT2D eigenvalue weighted by molar-refractivity contribution is -0.0372. The van der Waals surface area contributed by atoms with Crippen LogP contribution in [0.4, 0.5) is 24.5 Å². The molecule has 1 aromatic rings. The van der Waals surface area contributed by atoms with Gasteiger partial charge in [-0.2, -0.15) is 0 Å². The number of halogens is 3. The SMILES string of the molecule is Nc1cc(C(=O)O)c(F)cc1NCC(F)(F)CO. The highest BCUT2D eigenvalue weighted by Crippen LogP contribution is 2.24. The number of aliphatic hydroxyl groups is 1. The largest absolute Gasteiger partial charge is 0.478 e. The maximum absolute atomic E-state index is 13.3. The van der Waals surface area contributed by atoms with E-state index in [-0.39, 0.29) is 11.4 Å². The normalized spacial score (nSPS) is 11.3. The van der Waals surface area contributed by atoms with Crippen LogP contribution in [0.5, 0.6) is 0 Å². The number of anilines is 2. The second-order valence-electron chi connectivity index (χ2n) is 3.59. The molecular weight excluding hydrogens is 253 g/mol. The lowest BCUT2D eigenvalue weighted by Crippen LogP contribution is -2.31. The second kappa shape index (κ2) is 5.13. The number of carboxylic acid groups (broad SMARTS) is 1. The maximum atomic E-state index is 13.3. The van der Waals surface area contributed by atoms with Crippen molar-refractivity contribution in [2.45, 2.75) is 5.92 Å². The van der Waals surface area contributed by atoms with Crippen LogP contribution in [0.25, 0.3) is 0 Å². The molecule has 1 rings (SSSR count). The van der Waals surface area contributed by atoms with Crippen LogP contribution in [0.3, 0.4) is 0 Å². The highest BCUT2D eigenvalue weighted by atomic mass is 19.3. The molecular formula is C10H11F3N2O3. The van der Waals surface area contributed by atoms with E-state index in [1.54, 1.807) is 0 Å². The van der Waals surface area contributed by atoms with Crippen LogP contribution in [0.2, 0.25) is 0 Å². The number of nitrogens with two attached hydrogens (primary N) is 1. The van der Waals surface area contributed by atoms with Crippen molar-refractivity contribution in [1.82, 2.24) is 0 Å². The molecule has 18 heavy (non-hydrogen) atoms. The Morgan fingerprint density at radius 3 is 2.56 bits per heavy atom. The summed E-state index contributed by atoms with van der Waals surface area (Å²) in [6.45, 7) is -2.31. The van der Waals surface area contributed by atoms with E-state index in [4.69, 9.17) is 15.9 Å². The number of hydrogen-bond acceptors (Lipinski definition) is 4. The Labute approximate surface area is 100 Å². The molecule has 5 N–H and O–H groups in total. The Morgan fingerprint density at radius 1 is 1.44 bits per heavy atom. The zero-order chi connectivity index (χ0) is 13.9. The molecule has 0 heterocycles. The van der Waals surface area contributed by atoms with E-state index in [2.05, 4.69) is 5.32 Å². The van der Waals surface area contributed by atoms with Gasteiger partial charge in [0.05, 0.1) is 23.5 Å². The molecule has 8 heteroatoms. The summed E-state index contributed by atoms with van der Waals surface area (Å²) in [7, 11) is 0. The first-order valence-electron chi connectivity index (χ1n) is 4.81. The highest BCUT2D eigenvalue weighted by Gasteiger charge is 2.27. The minimum Gasteiger partial charge on any atom is -0.478 e. The lowest BCUT2D eigenvalue weighted by Gasteiger charge is -2.16. The van der Waals surface area contributed by atoms with E-state index in [0.29, 0.717) is 6.07 Å². The van der Waals surface area contributed by atoms with Gasteiger partial charge >= 0.3 is 5.97 Å². The van der Waals surface area contributed by atoms with E-state index >= 15 is 0 Å². The average Bonchev–Trinajstić information content (AvgIpc) is 2.29. The van der Waals surface area contributed by atoms with Crippen molar-refractivity contribution in [3.05, 3.63) is 23.5 Å². The minimum atomic E-state index is -3.38. The van der Waals surface area contributed by atoms with Gasteiger partial charge in [-0.15, -0.1) is 0 Å². The van der Waals surface area contributed by atoms with Crippen LogP contribution < -0.4 is 11.1 Å². The quantitative estimate of drug-likeness (QED) is 0.598. The van der Waals surface area contributed by atoms with Gasteiger partial charge in [-0.1, -0.05) is 0 Å². The van der Waals surface area contributed by atoms with Crippen molar-refractivity contribution in [2.24, 2.45) is 0 Å². The number of carbonyl (C=O) groups is 1. The number of alkyl halides is 2. The van der Waals surface area contributed by atoms with Crippen molar-refractivity contribution in [3.8, 4) is 0 Å². The highest BCUT2D eigenvalue weighted by molar-refractivity contribution is 5.90. The predicted octanol–water partition coefficient (Wildman–Crippen LogP) is 1.15. The molecule has 0 amide bonds. The Morgan fingerprint density at radius 2 is 2.06 bits per heavy atom. The Balaban J connectivity index is 2.92. The van der Waals surface area contributed by atoms with Gasteiger partial charge in [0.1, 0.15) is 12.4 Å². The Bertz CT molecular complexity index is 466. The van der Waals surface area contributed by atoms with Gasteiger partial charge in [0, 0.05) is 0 Å². The first-order chi connectivity index (χ1) is 8.26. The number of hydrogen-bond donors (Lipinski definition) is 4. The van der Waals surface area contributed by atoms with Gasteiger partial charge < -0.3 is 21.3 Å². The zero-order valence-electron chi connectivity index (χ0n) is 9.08. The number of nitrogens with one attached hydrogen (secondary N) is 1. The molecule has 0 fully saturated rings. The van der Waals surface area contributed by atoms with Crippen LogP contribution >= 0.6 is 0 Å². The number of nitrogen functional groups attached to an aromatic ring is 1. The maximum Gasteiger partial charge on any atom is 0.338 e. The summed E-state index contributed by atoms with van der Waals surface area (Å²) in [6, 6.07) is 1.54. The van der Waals surface area contributed by atoms with Crippen molar-refractivity contribution < 1.29 is 28.2 Å². The van der Waals surface area contributed by atoms with Gasteiger partial charge in [0.25, 0.3) is 5.92 Å². The summed E-state index contributed by atoms with van der Waals surface area (Å²) in [5.41, 5.74) is 4.41. The van der Waals surface area contributed by atoms with E-state index < -0.39 is 36.4 Å². The van der Waals surface area contributed by atoms with Crippen LogP contribution in [-0.4, -0.2) is 35.3 Å². The summed E-state index contributed by atoms with van der Waals surface area (Å²) in [5, 5.41) is 19.1. The molecule has 0 radical (unpaired) electrons. The molecule has 1 aromatic carbocycles. The Kier molecular flexibility index (Phi) is 4.02. The molecule has 0 atom stereocenters. The molecule has 0 saturated carbocycles. The minimum absolute atomic E-state index is 0.161. The molecule has 0 aliphatic carbocycles. The first-order valence-corrected chi connectivity index (χ1v) is 4.81. The van der Waals surface area contributed by atoms with Gasteiger partial charge in [0.2, 0.25) is 0 Å². The summed E-state index contributed by atoms with van der Waals surface area (Å²) in [4.78, 5) is 10.6. The fourth-order valence-electron chi connectivity index (χ4n) is 1.19. The standard InChI is InChI=1S/C10H11F3N2O3/c11-6-2-8(15-3-10(12,13)4-16)7(14)1-5(6)9(17)18/h1-2,15-16H,3-4,14H2,(H,17,18). The summed E-state index contributed by atoms with van der Waals surface area (Å²) in [5.74, 6) is -5.98.